The van der Waals surface area contributed by atoms with Crippen LogP contribution in [0.4, 0.5) is 48.6 Å². The van der Waals surface area contributed by atoms with E-state index in [0.29, 0.717) is 43.9 Å². The van der Waals surface area contributed by atoms with E-state index in [1.807, 2.05) is 6.92 Å². The zero-order chi connectivity index (χ0) is 43.0. The quantitative estimate of drug-likeness (QED) is 0.205. The van der Waals surface area contributed by atoms with Gasteiger partial charge in [0, 0.05) is 44.4 Å². The molecule has 4 atom stereocenters. The van der Waals surface area contributed by atoms with Crippen molar-refractivity contribution in [3.63, 3.8) is 0 Å². The normalized spacial score (nSPS) is 21.2. The van der Waals surface area contributed by atoms with Crippen LogP contribution in [0.5, 0.6) is 0 Å². The molecule has 0 saturated carbocycles. The number of benzene rings is 1. The third-order valence-corrected chi connectivity index (χ3v) is 10.8. The molecule has 2 fully saturated rings. The molecule has 2 unspecified atom stereocenters. The first-order valence-corrected chi connectivity index (χ1v) is 19.0. The molecule has 1 N–H and O–H groups in total. The topological polar surface area (TPSA) is 164 Å². The summed E-state index contributed by atoms with van der Waals surface area (Å²) in [7, 11) is 3.00. The molecule has 3 aromatic heterocycles. The Bertz CT molecular complexity index is 2250. The minimum atomic E-state index is -2.72. The molecule has 0 radical (unpaired) electrons. The monoisotopic (exact) mass is 843 g/mol. The number of anilines is 3. The number of aromatic nitrogens is 5. The molecule has 4 aromatic rings. The van der Waals surface area contributed by atoms with E-state index in [4.69, 9.17) is 9.47 Å². The predicted molar refractivity (Wildman–Crippen MR) is 202 cm³/mol. The van der Waals surface area contributed by atoms with Gasteiger partial charge in [-0.2, -0.15) is 15.2 Å². The fraction of sp³-hybridized carbons (Fsp3) is 0.447. The minimum Gasteiger partial charge on any atom is -0.379 e. The summed E-state index contributed by atoms with van der Waals surface area (Å²) < 4.78 is 81.2. The molecule has 320 valence electrons. The van der Waals surface area contributed by atoms with Gasteiger partial charge >= 0.3 is 12.1 Å². The second-order valence-electron chi connectivity index (χ2n) is 14.7. The summed E-state index contributed by atoms with van der Waals surface area (Å²) in [5, 5.41) is 13.2. The van der Waals surface area contributed by atoms with Gasteiger partial charge in [-0.05, 0) is 32.0 Å². The Hall–Kier alpha value is -6.16. The number of fused-ring (bicyclic) bond motifs is 2. The molecule has 6 amide bonds. The van der Waals surface area contributed by atoms with E-state index in [1.54, 1.807) is 51.7 Å². The molecule has 17 nitrogen and oxygen atoms in total. The van der Waals surface area contributed by atoms with Crippen molar-refractivity contribution in [2.24, 2.45) is 0 Å². The van der Waals surface area contributed by atoms with Gasteiger partial charge in [0.1, 0.15) is 5.69 Å². The summed E-state index contributed by atoms with van der Waals surface area (Å²) in [5.74, 6) is -5.06. The Labute approximate surface area is 340 Å². The molecule has 4 aliphatic heterocycles. The maximum Gasteiger partial charge on any atom is 0.344 e. The Kier molecular flexibility index (Phi) is 12.0. The zero-order valence-electron chi connectivity index (χ0n) is 33.0. The Balaban J connectivity index is 0.000000181. The summed E-state index contributed by atoms with van der Waals surface area (Å²) in [5.41, 5.74) is 1.74. The van der Waals surface area contributed by atoms with Crippen molar-refractivity contribution < 1.29 is 50.6 Å². The van der Waals surface area contributed by atoms with Crippen molar-refractivity contribution in [2.75, 3.05) is 42.5 Å². The number of pyridine rings is 1. The highest BCUT2D eigenvalue weighted by Gasteiger charge is 2.41. The van der Waals surface area contributed by atoms with Crippen LogP contribution in [0, 0.1) is 17.5 Å². The number of carbonyl (C=O) groups is 4. The van der Waals surface area contributed by atoms with E-state index in [2.05, 4.69) is 20.5 Å². The summed E-state index contributed by atoms with van der Waals surface area (Å²) in [6, 6.07) is 4.20. The SMILES string of the molecule is CO[C@@H]1CC(=O)N(N(C(=O)N2Cc3ccnn3CC2C)c2cc(F)c(F)c(F)c2)C1.CO[C@H]1CC(=O)N(c2cnn3c2CN(C(=O)Nc2ccnc(C(F)F)c2)C(C)C3)C1. The third-order valence-electron chi connectivity index (χ3n) is 10.8. The van der Waals surface area contributed by atoms with E-state index in [0.717, 1.165) is 27.5 Å². The lowest BCUT2D eigenvalue weighted by atomic mass is 10.2. The number of carbonyl (C=O) groups excluding carboxylic acids is 4. The van der Waals surface area contributed by atoms with Crippen molar-refractivity contribution in [3.05, 3.63) is 83.5 Å². The first-order valence-electron chi connectivity index (χ1n) is 19.0. The summed E-state index contributed by atoms with van der Waals surface area (Å²) in [6.45, 7) is 5.43. The lowest BCUT2D eigenvalue weighted by molar-refractivity contribution is -0.128. The number of hydrazine groups is 1. The molecule has 0 bridgehead atoms. The minimum absolute atomic E-state index is 0.00869. The number of urea groups is 2. The summed E-state index contributed by atoms with van der Waals surface area (Å²) >= 11 is 0. The molecule has 0 aliphatic carbocycles. The van der Waals surface area contributed by atoms with Gasteiger partial charge in [0.05, 0.1) is 105 Å². The number of rotatable bonds is 7. The van der Waals surface area contributed by atoms with Crippen LogP contribution in [-0.4, -0.2) is 115 Å². The molecule has 0 spiro atoms. The second-order valence-corrected chi connectivity index (χ2v) is 14.7. The van der Waals surface area contributed by atoms with Crippen LogP contribution in [0.2, 0.25) is 0 Å². The third kappa shape index (κ3) is 8.33. The molecule has 1 aromatic carbocycles. The molecule has 60 heavy (non-hydrogen) atoms. The van der Waals surface area contributed by atoms with Gasteiger partial charge in [-0.3, -0.25) is 23.9 Å². The molecular formula is C38H42F5N11O6. The van der Waals surface area contributed by atoms with Crippen molar-refractivity contribution in [1.29, 1.82) is 0 Å². The van der Waals surface area contributed by atoms with Gasteiger partial charge in [0.25, 0.3) is 6.43 Å². The zero-order valence-corrected chi connectivity index (χ0v) is 33.0. The average Bonchev–Trinajstić information content (AvgIpc) is 4.02. The average molecular weight is 844 g/mol. The number of ether oxygens (including phenoxy) is 2. The van der Waals surface area contributed by atoms with Gasteiger partial charge in [-0.1, -0.05) is 0 Å². The molecular weight excluding hydrogens is 801 g/mol. The standard InChI is InChI=1S/C19H20F3N5O3.C19H22F2N6O3/c1-11-8-25-12(3-4-23-25)9-24(11)19(29)27(26-10-14(30-2)7-17(26)28)13-5-15(20)18(22)16(21)6-13;1-11-8-27-16(15(7-23-27)26-9-13(30-2)6-17(26)28)10-25(11)19(29)24-12-3-4-22-14(5-12)18(20)21/h3-6,11,14H,7-10H2,1-2H3;3-5,7,11,13,18H,6,8-10H2,1-2H3,(H,22,24,29)/t11?,14-;11?,13-/m10/s1. The number of halogens is 5. The van der Waals surface area contributed by atoms with E-state index in [1.165, 1.54) is 24.3 Å². The van der Waals surface area contributed by atoms with Crippen molar-refractivity contribution >= 4 is 40.9 Å². The number of nitrogens with one attached hydrogen (secondary N) is 1. The van der Waals surface area contributed by atoms with Crippen LogP contribution in [-0.2, 0) is 45.2 Å². The Morgan fingerprint density at radius 1 is 0.833 bits per heavy atom. The lowest BCUT2D eigenvalue weighted by Crippen LogP contribution is -2.57. The van der Waals surface area contributed by atoms with Crippen LogP contribution in [0.3, 0.4) is 0 Å². The summed E-state index contributed by atoms with van der Waals surface area (Å²) in [4.78, 5) is 59.7. The van der Waals surface area contributed by atoms with Gasteiger partial charge < -0.3 is 29.5 Å². The van der Waals surface area contributed by atoms with Crippen LogP contribution in [0.15, 0.2) is 48.9 Å². The number of hydrogen-bond acceptors (Lipinski definition) is 9. The fourth-order valence-electron chi connectivity index (χ4n) is 7.53. The van der Waals surface area contributed by atoms with E-state index in [-0.39, 0.29) is 61.5 Å². The smallest absolute Gasteiger partial charge is 0.344 e. The van der Waals surface area contributed by atoms with E-state index >= 15 is 0 Å². The van der Waals surface area contributed by atoms with Gasteiger partial charge in [-0.15, -0.1) is 0 Å². The molecule has 22 heteroatoms. The highest BCUT2D eigenvalue weighted by Crippen LogP contribution is 2.32. The molecule has 4 aliphatic rings. The van der Waals surface area contributed by atoms with Gasteiger partial charge in [0.15, 0.2) is 17.5 Å². The number of amides is 6. The van der Waals surface area contributed by atoms with Gasteiger partial charge in [0.2, 0.25) is 11.8 Å². The van der Waals surface area contributed by atoms with Crippen molar-refractivity contribution in [2.45, 2.75) is 83.6 Å². The van der Waals surface area contributed by atoms with E-state index < -0.39 is 53.6 Å². The Morgan fingerprint density at radius 2 is 1.50 bits per heavy atom. The second kappa shape index (κ2) is 17.2. The highest BCUT2D eigenvalue weighted by molar-refractivity contribution is 5.97. The van der Waals surface area contributed by atoms with Crippen molar-refractivity contribution in [3.8, 4) is 0 Å². The first-order chi connectivity index (χ1) is 28.7. The number of methoxy groups -OCH3 is 2. The number of alkyl halides is 2. The van der Waals surface area contributed by atoms with Crippen LogP contribution in [0.1, 0.15) is 50.2 Å². The summed E-state index contributed by atoms with van der Waals surface area (Å²) in [6.07, 6.45) is 1.42. The van der Waals surface area contributed by atoms with Crippen LogP contribution in [0.25, 0.3) is 0 Å². The number of nitrogens with zero attached hydrogens (tertiary/aromatic N) is 10. The Morgan fingerprint density at radius 3 is 2.17 bits per heavy atom. The fourth-order valence-corrected chi connectivity index (χ4v) is 7.53. The number of hydrogen-bond donors (Lipinski definition) is 1. The largest absolute Gasteiger partial charge is 0.379 e. The molecule has 7 heterocycles. The molecule has 8 rings (SSSR count). The highest BCUT2D eigenvalue weighted by atomic mass is 19.3. The first kappa shape index (κ1) is 42.0. The lowest BCUT2D eigenvalue weighted by Gasteiger charge is -2.40. The van der Waals surface area contributed by atoms with Crippen molar-refractivity contribution in [1.82, 2.24) is 39.4 Å². The molecule has 2 saturated heterocycles. The van der Waals surface area contributed by atoms with Crippen LogP contribution < -0.4 is 15.2 Å². The maximum atomic E-state index is 14.0. The maximum absolute atomic E-state index is 14.0. The van der Waals surface area contributed by atoms with Gasteiger partial charge in [-0.25, -0.2) is 36.6 Å². The predicted octanol–water partition coefficient (Wildman–Crippen LogP) is 4.70. The van der Waals surface area contributed by atoms with E-state index in [9.17, 15) is 41.1 Å². The van der Waals surface area contributed by atoms with Crippen LogP contribution >= 0.6 is 0 Å².